The van der Waals surface area contributed by atoms with E-state index < -0.39 is 6.10 Å². The largest absolute Gasteiger partial charge is 0.462 e. The fraction of sp³-hybridized carbons (Fsp3) is 0.820. The molecule has 0 heterocycles. The Hall–Kier alpha value is -2.63. The molecule has 0 aliphatic heterocycles. The van der Waals surface area contributed by atoms with Gasteiger partial charge in [-0.25, -0.2) is 0 Å². The third kappa shape index (κ3) is 54.2. The second kappa shape index (κ2) is 56.0. The van der Waals surface area contributed by atoms with Crippen LogP contribution < -0.4 is 0 Å². The minimum atomic E-state index is -0.780. The molecule has 0 radical (unpaired) electrons. The predicted molar refractivity (Wildman–Crippen MR) is 289 cm³/mol. The van der Waals surface area contributed by atoms with Crippen LogP contribution in [0.1, 0.15) is 303 Å². The molecule has 0 bridgehead atoms. The summed E-state index contributed by atoms with van der Waals surface area (Å²) >= 11 is 0. The molecular weight excluding hydrogens is 829 g/mol. The molecule has 0 amide bonds. The van der Waals surface area contributed by atoms with Crippen molar-refractivity contribution in [3.05, 3.63) is 48.6 Å². The van der Waals surface area contributed by atoms with E-state index in [4.69, 9.17) is 14.2 Å². The molecule has 0 aromatic carbocycles. The van der Waals surface area contributed by atoms with Crippen molar-refractivity contribution in [3.63, 3.8) is 0 Å². The van der Waals surface area contributed by atoms with Crippen molar-refractivity contribution in [2.45, 2.75) is 309 Å². The van der Waals surface area contributed by atoms with Gasteiger partial charge in [-0.15, -0.1) is 0 Å². The molecule has 6 nitrogen and oxygen atoms in total. The van der Waals surface area contributed by atoms with Gasteiger partial charge in [0.05, 0.1) is 0 Å². The van der Waals surface area contributed by atoms with E-state index in [0.717, 1.165) is 77.0 Å². The number of carbonyl (C=O) groups is 3. The molecule has 1 atom stereocenters. The first-order chi connectivity index (χ1) is 33.0. The normalized spacial score (nSPS) is 12.3. The zero-order chi connectivity index (χ0) is 48.6. The van der Waals surface area contributed by atoms with Crippen molar-refractivity contribution in [1.29, 1.82) is 0 Å². The van der Waals surface area contributed by atoms with Crippen molar-refractivity contribution in [3.8, 4) is 0 Å². The monoisotopic (exact) mass is 939 g/mol. The van der Waals surface area contributed by atoms with E-state index in [9.17, 15) is 14.4 Å². The molecule has 6 heteroatoms. The number of carbonyl (C=O) groups excluding carboxylic acids is 3. The number of hydrogen-bond donors (Lipinski definition) is 0. The molecule has 0 N–H and O–H groups in total. The Bertz CT molecular complexity index is 1170. The lowest BCUT2D eigenvalue weighted by molar-refractivity contribution is -0.167. The van der Waals surface area contributed by atoms with Crippen LogP contribution in [0.15, 0.2) is 48.6 Å². The summed E-state index contributed by atoms with van der Waals surface area (Å²) in [6, 6.07) is 0. The first-order valence-corrected chi connectivity index (χ1v) is 29.1. The van der Waals surface area contributed by atoms with Gasteiger partial charge in [0, 0.05) is 19.3 Å². The molecule has 1 unspecified atom stereocenters. The smallest absolute Gasteiger partial charge is 0.306 e. The molecule has 0 fully saturated rings. The highest BCUT2D eigenvalue weighted by atomic mass is 16.6. The minimum Gasteiger partial charge on any atom is -0.462 e. The van der Waals surface area contributed by atoms with Gasteiger partial charge >= 0.3 is 17.9 Å². The van der Waals surface area contributed by atoms with Crippen molar-refractivity contribution in [2.75, 3.05) is 13.2 Å². The van der Waals surface area contributed by atoms with Crippen LogP contribution in [-0.2, 0) is 28.6 Å². The van der Waals surface area contributed by atoms with Crippen LogP contribution in [0, 0.1) is 0 Å². The summed E-state index contributed by atoms with van der Waals surface area (Å²) in [6.45, 7) is 6.61. The first-order valence-electron chi connectivity index (χ1n) is 29.1. The Morgan fingerprint density at radius 1 is 0.299 bits per heavy atom. The van der Waals surface area contributed by atoms with Gasteiger partial charge in [-0.3, -0.25) is 14.4 Å². The fourth-order valence-electron chi connectivity index (χ4n) is 8.35. The second-order valence-corrected chi connectivity index (χ2v) is 19.5. The Morgan fingerprint density at radius 3 is 0.881 bits per heavy atom. The summed E-state index contributed by atoms with van der Waals surface area (Å²) in [5, 5.41) is 0. The van der Waals surface area contributed by atoms with Gasteiger partial charge in [-0.2, -0.15) is 0 Å². The number of rotatable bonds is 53. The van der Waals surface area contributed by atoms with Gasteiger partial charge in [0.2, 0.25) is 0 Å². The SMILES string of the molecule is CCCCC/C=C\CCCCCCCC(=O)OCC(COC(=O)CCCCCCCCCCC/C=C\CCCCCCCC)OC(=O)CCCCCCCCC/C=C\C/C=C\CCCCCC. The summed E-state index contributed by atoms with van der Waals surface area (Å²) in [6.07, 6.45) is 68.1. The van der Waals surface area contributed by atoms with E-state index in [0.29, 0.717) is 19.3 Å². The first kappa shape index (κ1) is 64.4. The molecule has 390 valence electrons. The summed E-state index contributed by atoms with van der Waals surface area (Å²) in [4.78, 5) is 38.1. The molecule has 67 heavy (non-hydrogen) atoms. The molecule has 0 saturated carbocycles. The van der Waals surface area contributed by atoms with Crippen LogP contribution in [0.2, 0.25) is 0 Å². The minimum absolute atomic E-state index is 0.0785. The van der Waals surface area contributed by atoms with E-state index in [1.54, 1.807) is 0 Å². The van der Waals surface area contributed by atoms with Crippen LogP contribution in [0.4, 0.5) is 0 Å². The van der Waals surface area contributed by atoms with E-state index in [-0.39, 0.29) is 31.1 Å². The van der Waals surface area contributed by atoms with E-state index in [2.05, 4.69) is 69.4 Å². The standard InChI is InChI=1S/C61H110O6/c1-4-7-10-13-16-19-22-25-27-29-31-33-34-36-39-42-45-48-51-54-60(63)66-57-58(56-65-59(62)53-50-47-44-41-38-24-21-18-15-12-9-6-3)67-61(64)55-52-49-46-43-40-37-35-32-30-28-26-23-20-17-14-11-8-5-2/h18,20-21,23,25,27-28,30,58H,4-17,19,22,24,26,29,31-57H2,1-3H3/b21-18-,23-20-,27-25-,30-28-. The Balaban J connectivity index is 4.34. The van der Waals surface area contributed by atoms with Gasteiger partial charge in [-0.05, 0) is 103 Å². The molecule has 0 spiro atoms. The third-order valence-electron chi connectivity index (χ3n) is 12.8. The average Bonchev–Trinajstić information content (AvgIpc) is 3.33. The molecule has 0 rings (SSSR count). The lowest BCUT2D eigenvalue weighted by Crippen LogP contribution is -2.30. The summed E-state index contributed by atoms with van der Waals surface area (Å²) in [5.41, 5.74) is 0. The third-order valence-corrected chi connectivity index (χ3v) is 12.8. The van der Waals surface area contributed by atoms with Crippen LogP contribution in [0.3, 0.4) is 0 Å². The number of allylic oxidation sites excluding steroid dienone is 8. The van der Waals surface area contributed by atoms with Crippen LogP contribution >= 0.6 is 0 Å². The van der Waals surface area contributed by atoms with E-state index >= 15 is 0 Å². The quantitative estimate of drug-likeness (QED) is 0.0262. The van der Waals surface area contributed by atoms with Crippen molar-refractivity contribution >= 4 is 17.9 Å². The van der Waals surface area contributed by atoms with E-state index in [1.165, 1.54) is 186 Å². The summed E-state index contributed by atoms with van der Waals surface area (Å²) in [7, 11) is 0. The highest BCUT2D eigenvalue weighted by Gasteiger charge is 2.19. The molecule has 0 aliphatic carbocycles. The number of esters is 3. The number of ether oxygens (including phenoxy) is 3. The molecule has 0 aliphatic rings. The zero-order valence-electron chi connectivity index (χ0n) is 44.7. The Labute approximate surface area is 416 Å². The van der Waals surface area contributed by atoms with Crippen molar-refractivity contribution in [2.24, 2.45) is 0 Å². The second-order valence-electron chi connectivity index (χ2n) is 19.5. The maximum absolute atomic E-state index is 12.9. The fourth-order valence-corrected chi connectivity index (χ4v) is 8.35. The van der Waals surface area contributed by atoms with Crippen LogP contribution in [-0.4, -0.2) is 37.2 Å². The van der Waals surface area contributed by atoms with Crippen molar-refractivity contribution < 1.29 is 28.6 Å². The Kier molecular flexibility index (Phi) is 53.8. The van der Waals surface area contributed by atoms with Gasteiger partial charge in [0.25, 0.3) is 0 Å². The zero-order valence-corrected chi connectivity index (χ0v) is 44.7. The Morgan fingerprint density at radius 2 is 0.537 bits per heavy atom. The lowest BCUT2D eigenvalue weighted by Gasteiger charge is -2.18. The van der Waals surface area contributed by atoms with Gasteiger partial charge in [-0.1, -0.05) is 230 Å². The lowest BCUT2D eigenvalue weighted by atomic mass is 10.1. The van der Waals surface area contributed by atoms with Gasteiger partial charge in [0.15, 0.2) is 6.10 Å². The maximum atomic E-state index is 12.9. The van der Waals surface area contributed by atoms with E-state index in [1.807, 2.05) is 0 Å². The highest BCUT2D eigenvalue weighted by Crippen LogP contribution is 2.15. The van der Waals surface area contributed by atoms with Crippen LogP contribution in [0.25, 0.3) is 0 Å². The van der Waals surface area contributed by atoms with Gasteiger partial charge < -0.3 is 14.2 Å². The maximum Gasteiger partial charge on any atom is 0.306 e. The molecule has 0 aromatic heterocycles. The predicted octanol–water partition coefficient (Wildman–Crippen LogP) is 19.4. The van der Waals surface area contributed by atoms with Crippen LogP contribution in [0.5, 0.6) is 0 Å². The summed E-state index contributed by atoms with van der Waals surface area (Å²) in [5.74, 6) is -0.885. The molecule has 0 aromatic rings. The molecule has 0 saturated heterocycles. The van der Waals surface area contributed by atoms with Gasteiger partial charge in [0.1, 0.15) is 13.2 Å². The highest BCUT2D eigenvalue weighted by molar-refractivity contribution is 5.71. The number of unbranched alkanes of at least 4 members (excludes halogenated alkanes) is 34. The topological polar surface area (TPSA) is 78.9 Å². The molecular formula is C61H110O6. The van der Waals surface area contributed by atoms with Crippen molar-refractivity contribution in [1.82, 2.24) is 0 Å². The number of hydrogen-bond acceptors (Lipinski definition) is 6. The summed E-state index contributed by atoms with van der Waals surface area (Å²) < 4.78 is 16.9. The average molecular weight is 940 g/mol.